The van der Waals surface area contributed by atoms with E-state index in [-0.39, 0.29) is 5.56 Å². The first kappa shape index (κ1) is 20.6. The number of fused-ring (bicyclic) bond motifs is 1. The maximum atomic E-state index is 13.2. The molecule has 0 aliphatic heterocycles. The minimum atomic E-state index is -0.158. The fourth-order valence-corrected chi connectivity index (χ4v) is 4.41. The Labute approximate surface area is 187 Å². The van der Waals surface area contributed by atoms with Crippen molar-refractivity contribution in [3.05, 3.63) is 99.0 Å². The summed E-state index contributed by atoms with van der Waals surface area (Å²) in [5.41, 5.74) is 1.49. The first-order valence-corrected chi connectivity index (χ1v) is 11.3. The molecule has 4 rings (SSSR count). The largest absolute Gasteiger partial charge is 0.282 e. The Hall–Kier alpha value is -2.70. The third-order valence-electron chi connectivity index (χ3n) is 4.55. The van der Waals surface area contributed by atoms with Crippen LogP contribution >= 0.6 is 27.7 Å². The van der Waals surface area contributed by atoms with Crippen LogP contribution < -0.4 is 5.56 Å². The summed E-state index contributed by atoms with van der Waals surface area (Å²) >= 11 is 5.11. The minimum absolute atomic E-state index is 0.158. The Bertz CT molecular complexity index is 1270. The molecule has 0 aliphatic rings. The lowest BCUT2D eigenvalue weighted by atomic mass is 10.2. The summed E-state index contributed by atoms with van der Waals surface area (Å²) in [5.74, 6) is 0.668. The van der Waals surface area contributed by atoms with Gasteiger partial charge in [-0.2, -0.15) is 9.78 Å². The average Bonchev–Trinajstić information content (AvgIpc) is 2.76. The van der Waals surface area contributed by atoms with Crippen LogP contribution in [0.4, 0.5) is 0 Å². The van der Waals surface area contributed by atoms with Crippen LogP contribution in [-0.2, 0) is 6.42 Å². The number of hydrogen-bond donors (Lipinski definition) is 0. The van der Waals surface area contributed by atoms with Crippen molar-refractivity contribution >= 4 is 44.8 Å². The van der Waals surface area contributed by atoms with Gasteiger partial charge in [0.1, 0.15) is 5.82 Å². The van der Waals surface area contributed by atoms with Crippen molar-refractivity contribution in [3.63, 3.8) is 0 Å². The van der Waals surface area contributed by atoms with Gasteiger partial charge in [-0.25, -0.2) is 4.98 Å². The van der Waals surface area contributed by atoms with E-state index in [2.05, 4.69) is 46.2 Å². The summed E-state index contributed by atoms with van der Waals surface area (Å²) in [6.45, 7) is 2.07. The van der Waals surface area contributed by atoms with Gasteiger partial charge < -0.3 is 0 Å². The summed E-state index contributed by atoms with van der Waals surface area (Å²) in [7, 11) is 0. The van der Waals surface area contributed by atoms with Crippen LogP contribution in [0.25, 0.3) is 10.9 Å². The van der Waals surface area contributed by atoms with Crippen molar-refractivity contribution in [3.8, 4) is 0 Å². The van der Waals surface area contributed by atoms with Crippen LogP contribution in [-0.4, -0.2) is 15.9 Å². The fourth-order valence-electron chi connectivity index (χ4n) is 3.11. The van der Waals surface area contributed by atoms with E-state index in [1.807, 2.05) is 48.5 Å². The summed E-state index contributed by atoms with van der Waals surface area (Å²) < 4.78 is 2.28. The molecule has 0 unspecified atom stereocenters. The number of nitrogens with zero attached hydrogens (tertiary/aromatic N) is 3. The molecule has 4 nitrogen and oxygen atoms in total. The monoisotopic (exact) mass is 477 g/mol. The van der Waals surface area contributed by atoms with Crippen molar-refractivity contribution < 1.29 is 0 Å². The molecule has 0 saturated carbocycles. The average molecular weight is 478 g/mol. The molecule has 0 radical (unpaired) electrons. The highest BCUT2D eigenvalue weighted by Crippen LogP contribution is 2.29. The molecule has 0 atom stereocenters. The van der Waals surface area contributed by atoms with Crippen LogP contribution in [0.15, 0.2) is 97.0 Å². The van der Waals surface area contributed by atoms with Crippen LogP contribution in [0.1, 0.15) is 24.7 Å². The molecule has 150 valence electrons. The summed E-state index contributed by atoms with van der Waals surface area (Å²) in [6.07, 6.45) is 3.31. The van der Waals surface area contributed by atoms with Gasteiger partial charge in [-0.05, 0) is 42.8 Å². The van der Waals surface area contributed by atoms with Crippen molar-refractivity contribution in [1.82, 2.24) is 9.66 Å². The van der Waals surface area contributed by atoms with Gasteiger partial charge in [0.15, 0.2) is 0 Å². The quantitative estimate of drug-likeness (QED) is 0.313. The number of halogens is 1. The highest BCUT2D eigenvalue weighted by molar-refractivity contribution is 9.10. The summed E-state index contributed by atoms with van der Waals surface area (Å²) in [4.78, 5) is 20.1. The second-order valence-corrected chi connectivity index (χ2v) is 8.78. The highest BCUT2D eigenvalue weighted by Gasteiger charge is 2.11. The van der Waals surface area contributed by atoms with Gasteiger partial charge in [-0.15, -0.1) is 0 Å². The normalized spacial score (nSPS) is 11.4. The maximum absolute atomic E-state index is 13.2. The summed E-state index contributed by atoms with van der Waals surface area (Å²) in [6, 6.07) is 23.8. The van der Waals surface area contributed by atoms with Gasteiger partial charge in [0.2, 0.25) is 0 Å². The lowest BCUT2D eigenvalue weighted by Gasteiger charge is -2.09. The molecule has 0 spiro atoms. The third kappa shape index (κ3) is 4.55. The van der Waals surface area contributed by atoms with Gasteiger partial charge in [-0.3, -0.25) is 4.79 Å². The Kier molecular flexibility index (Phi) is 6.45. The zero-order chi connectivity index (χ0) is 20.9. The van der Waals surface area contributed by atoms with Gasteiger partial charge in [0.25, 0.3) is 5.56 Å². The lowest BCUT2D eigenvalue weighted by Crippen LogP contribution is -2.22. The second kappa shape index (κ2) is 9.41. The Morgan fingerprint density at radius 1 is 1.07 bits per heavy atom. The van der Waals surface area contributed by atoms with Crippen molar-refractivity contribution in [2.45, 2.75) is 29.6 Å². The number of rotatable bonds is 6. The molecule has 0 N–H and O–H groups in total. The van der Waals surface area contributed by atoms with E-state index in [0.29, 0.717) is 23.1 Å². The predicted molar refractivity (Wildman–Crippen MR) is 128 cm³/mol. The smallest absolute Gasteiger partial charge is 0.267 e. The maximum Gasteiger partial charge on any atom is 0.282 e. The van der Waals surface area contributed by atoms with Crippen molar-refractivity contribution in [2.24, 2.45) is 5.10 Å². The molecule has 3 aromatic carbocycles. The highest BCUT2D eigenvalue weighted by atomic mass is 79.9. The zero-order valence-corrected chi connectivity index (χ0v) is 18.9. The fraction of sp³-hybridized carbons (Fsp3) is 0.125. The molecule has 6 heteroatoms. The lowest BCUT2D eigenvalue weighted by molar-refractivity contribution is 0.703. The number of aryl methyl sites for hydroxylation is 1. The van der Waals surface area contributed by atoms with E-state index in [4.69, 9.17) is 4.98 Å². The van der Waals surface area contributed by atoms with E-state index in [9.17, 15) is 4.79 Å². The van der Waals surface area contributed by atoms with Crippen LogP contribution in [0.5, 0.6) is 0 Å². The predicted octanol–water partition coefficient (Wildman–Crippen LogP) is 6.14. The van der Waals surface area contributed by atoms with Gasteiger partial charge in [-0.1, -0.05) is 71.0 Å². The summed E-state index contributed by atoms with van der Waals surface area (Å²) in [5, 5.41) is 5.11. The van der Waals surface area contributed by atoms with Crippen LogP contribution in [0.2, 0.25) is 0 Å². The van der Waals surface area contributed by atoms with E-state index in [1.165, 1.54) is 4.68 Å². The van der Waals surface area contributed by atoms with E-state index < -0.39 is 0 Å². The van der Waals surface area contributed by atoms with Gasteiger partial charge in [0.05, 0.1) is 17.1 Å². The zero-order valence-electron chi connectivity index (χ0n) is 16.5. The van der Waals surface area contributed by atoms with Crippen molar-refractivity contribution in [1.29, 1.82) is 0 Å². The SMILES string of the molecule is CCCc1nc2ccc(Br)cc2c(=O)n1N=Cc1ccccc1Sc1ccccc1. The standard InChI is InChI=1S/C24H20BrN3OS/c1-2-8-23-27-21-14-13-18(25)15-20(21)24(29)28(23)26-16-17-9-6-7-12-22(17)30-19-10-4-3-5-11-19/h3-7,9-16H,2,8H2,1H3. The number of benzene rings is 3. The second-order valence-electron chi connectivity index (χ2n) is 6.75. The molecule has 0 fully saturated rings. The molecule has 1 heterocycles. The minimum Gasteiger partial charge on any atom is -0.267 e. The van der Waals surface area contributed by atoms with Crippen LogP contribution in [0, 0.1) is 0 Å². The van der Waals surface area contributed by atoms with Crippen molar-refractivity contribution in [2.75, 3.05) is 0 Å². The van der Waals surface area contributed by atoms with E-state index in [1.54, 1.807) is 24.0 Å². The molecule has 1 aromatic heterocycles. The topological polar surface area (TPSA) is 47.2 Å². The molecule has 0 bridgehead atoms. The van der Waals surface area contributed by atoms with E-state index >= 15 is 0 Å². The first-order chi connectivity index (χ1) is 14.7. The molecular formula is C24H20BrN3OS. The third-order valence-corrected chi connectivity index (χ3v) is 6.14. The Morgan fingerprint density at radius 3 is 2.63 bits per heavy atom. The molecule has 4 aromatic rings. The number of hydrogen-bond acceptors (Lipinski definition) is 4. The molecular weight excluding hydrogens is 458 g/mol. The van der Waals surface area contributed by atoms with Gasteiger partial charge in [0, 0.05) is 26.2 Å². The first-order valence-electron chi connectivity index (χ1n) is 9.73. The molecule has 30 heavy (non-hydrogen) atoms. The molecule has 0 aliphatic carbocycles. The Balaban J connectivity index is 1.76. The van der Waals surface area contributed by atoms with Gasteiger partial charge >= 0.3 is 0 Å². The molecule has 0 amide bonds. The Morgan fingerprint density at radius 2 is 1.83 bits per heavy atom. The van der Waals surface area contributed by atoms with Crippen LogP contribution in [0.3, 0.4) is 0 Å². The number of aromatic nitrogens is 2. The van der Waals surface area contributed by atoms with E-state index in [0.717, 1.165) is 26.2 Å². The molecule has 0 saturated heterocycles.